The molecule has 0 bridgehead atoms. The first-order chi connectivity index (χ1) is 16.1. The van der Waals surface area contributed by atoms with Crippen molar-refractivity contribution in [2.45, 2.75) is 48.9 Å². The molecule has 0 amide bonds. The summed E-state index contributed by atoms with van der Waals surface area (Å²) in [6, 6.07) is 8.67. The van der Waals surface area contributed by atoms with Crippen LogP contribution < -0.4 is 10.6 Å². The molecule has 0 spiro atoms. The average Bonchev–Trinajstić information content (AvgIpc) is 3.40. The van der Waals surface area contributed by atoms with Crippen molar-refractivity contribution in [1.82, 2.24) is 19.9 Å². The van der Waals surface area contributed by atoms with Crippen molar-refractivity contribution in [3.8, 4) is 0 Å². The number of hydrogen-bond acceptors (Lipinski definition) is 7. The number of nitrogens with zero attached hydrogens (tertiary/aromatic N) is 4. The van der Waals surface area contributed by atoms with E-state index >= 15 is 0 Å². The molecule has 5 heterocycles. The highest BCUT2D eigenvalue weighted by Gasteiger charge is 2.26. The molecule has 3 aromatic heterocycles. The van der Waals surface area contributed by atoms with Crippen LogP contribution in [0.1, 0.15) is 30.3 Å². The normalized spacial score (nSPS) is 18.4. The number of nitrogens with one attached hydrogen (secondary N) is 1. The molecule has 0 aliphatic carbocycles. The minimum atomic E-state index is 0.150. The summed E-state index contributed by atoms with van der Waals surface area (Å²) in [6.45, 7) is 5.10. The lowest BCUT2D eigenvalue weighted by molar-refractivity contribution is 0.109. The van der Waals surface area contributed by atoms with Crippen LogP contribution in [0.15, 0.2) is 34.3 Å². The first-order valence-electron chi connectivity index (χ1n) is 11.4. The van der Waals surface area contributed by atoms with Crippen LogP contribution in [0.3, 0.4) is 0 Å². The molecule has 6 rings (SSSR count). The van der Waals surface area contributed by atoms with E-state index in [1.165, 1.54) is 5.56 Å². The van der Waals surface area contributed by atoms with Crippen LogP contribution in [-0.2, 0) is 24.2 Å². The second-order valence-electron chi connectivity index (χ2n) is 8.67. The highest BCUT2D eigenvalue weighted by Crippen LogP contribution is 2.38. The molecule has 9 heteroatoms. The Kier molecular flexibility index (Phi) is 5.41. The van der Waals surface area contributed by atoms with Gasteiger partial charge in [-0.25, -0.2) is 9.97 Å². The second-order valence-corrected chi connectivity index (χ2v) is 10.1. The number of hydrogen-bond donors (Lipinski definition) is 2. The van der Waals surface area contributed by atoms with Crippen molar-refractivity contribution >= 4 is 51.1 Å². The van der Waals surface area contributed by atoms with Gasteiger partial charge in [-0.2, -0.15) is 0 Å². The zero-order chi connectivity index (χ0) is 22.5. The van der Waals surface area contributed by atoms with Gasteiger partial charge in [-0.1, -0.05) is 24.6 Å². The Morgan fingerprint density at radius 1 is 1.27 bits per heavy atom. The summed E-state index contributed by atoms with van der Waals surface area (Å²) >= 11 is 8.26. The van der Waals surface area contributed by atoms with E-state index in [0.29, 0.717) is 16.8 Å². The maximum Gasteiger partial charge on any atom is 0.196 e. The lowest BCUT2D eigenvalue weighted by Crippen LogP contribution is -2.27. The van der Waals surface area contributed by atoms with Crippen molar-refractivity contribution in [2.75, 3.05) is 24.6 Å². The SMILES string of the molecule is CCc1[nH]c2nc(Sc3ccc4cc5c(nc4c3)CCOC5)nc(N3CC[C@H](N)C3)c2c1Cl. The van der Waals surface area contributed by atoms with Gasteiger partial charge in [0.05, 0.1) is 29.1 Å². The third kappa shape index (κ3) is 3.85. The summed E-state index contributed by atoms with van der Waals surface area (Å²) in [5.74, 6) is 0.865. The summed E-state index contributed by atoms with van der Waals surface area (Å²) in [4.78, 5) is 21.4. The van der Waals surface area contributed by atoms with E-state index in [0.717, 1.165) is 83.0 Å². The van der Waals surface area contributed by atoms with Gasteiger partial charge in [0.25, 0.3) is 0 Å². The summed E-state index contributed by atoms with van der Waals surface area (Å²) in [6.07, 6.45) is 2.61. The van der Waals surface area contributed by atoms with E-state index in [1.807, 2.05) is 0 Å². The number of halogens is 1. The van der Waals surface area contributed by atoms with E-state index in [9.17, 15) is 0 Å². The zero-order valence-electron chi connectivity index (χ0n) is 18.4. The maximum absolute atomic E-state index is 6.72. The number of benzene rings is 1. The minimum Gasteiger partial charge on any atom is -0.376 e. The van der Waals surface area contributed by atoms with Crippen LogP contribution in [0, 0.1) is 0 Å². The number of aryl methyl sites for hydroxylation is 1. The molecule has 7 nitrogen and oxygen atoms in total. The van der Waals surface area contributed by atoms with Crippen molar-refractivity contribution in [2.24, 2.45) is 5.73 Å². The molecule has 1 aromatic carbocycles. The third-order valence-corrected chi connectivity index (χ3v) is 7.68. The van der Waals surface area contributed by atoms with E-state index in [-0.39, 0.29) is 6.04 Å². The highest BCUT2D eigenvalue weighted by atomic mass is 35.5. The van der Waals surface area contributed by atoms with Crippen molar-refractivity contribution in [1.29, 1.82) is 0 Å². The van der Waals surface area contributed by atoms with E-state index in [1.54, 1.807) is 11.8 Å². The van der Waals surface area contributed by atoms with Gasteiger partial charge in [0.2, 0.25) is 0 Å². The van der Waals surface area contributed by atoms with Crippen LogP contribution in [0.4, 0.5) is 5.82 Å². The number of aromatic amines is 1. The smallest absolute Gasteiger partial charge is 0.196 e. The van der Waals surface area contributed by atoms with Crippen molar-refractivity contribution in [3.05, 3.63) is 46.2 Å². The van der Waals surface area contributed by atoms with Gasteiger partial charge in [-0.05, 0) is 48.4 Å². The lowest BCUT2D eigenvalue weighted by atomic mass is 10.1. The van der Waals surface area contributed by atoms with Crippen molar-refractivity contribution < 1.29 is 4.74 Å². The maximum atomic E-state index is 6.72. The monoisotopic (exact) mass is 480 g/mol. The van der Waals surface area contributed by atoms with Gasteiger partial charge in [-0.3, -0.25) is 4.98 Å². The molecular formula is C24H25ClN6OS. The van der Waals surface area contributed by atoms with Crippen LogP contribution in [0.25, 0.3) is 21.9 Å². The molecule has 0 radical (unpaired) electrons. The number of aromatic nitrogens is 4. The summed E-state index contributed by atoms with van der Waals surface area (Å²) in [5, 5.41) is 3.41. The molecule has 33 heavy (non-hydrogen) atoms. The molecular weight excluding hydrogens is 456 g/mol. The predicted octanol–water partition coefficient (Wildman–Crippen LogP) is 4.48. The minimum absolute atomic E-state index is 0.150. The summed E-state index contributed by atoms with van der Waals surface area (Å²) in [7, 11) is 0. The molecule has 1 saturated heterocycles. The number of fused-ring (bicyclic) bond motifs is 3. The Bertz CT molecular complexity index is 1370. The topological polar surface area (TPSA) is 92.9 Å². The average molecular weight is 481 g/mol. The Morgan fingerprint density at radius 3 is 3.00 bits per heavy atom. The molecule has 3 N–H and O–H groups in total. The summed E-state index contributed by atoms with van der Waals surface area (Å²) < 4.78 is 5.58. The zero-order valence-corrected chi connectivity index (χ0v) is 20.0. The number of nitrogens with two attached hydrogens (primary N) is 1. The standard InChI is InChI=1S/C24H25ClN6OS/c1-2-17-21(25)20-22(28-17)29-24(30-23(20)31-7-5-15(26)11-31)33-16-4-3-13-9-14-12-32-8-6-18(14)27-19(13)10-16/h3-4,9-10,15H,2,5-8,11-12,26H2,1H3,(H,28,29,30)/t15-/m0/s1. The first-order valence-corrected chi connectivity index (χ1v) is 12.5. The van der Waals surface area contributed by atoms with Crippen LogP contribution in [-0.4, -0.2) is 45.7 Å². The predicted molar refractivity (Wildman–Crippen MR) is 132 cm³/mol. The van der Waals surface area contributed by atoms with Crippen LogP contribution >= 0.6 is 23.4 Å². The summed E-state index contributed by atoms with van der Waals surface area (Å²) in [5.41, 5.74) is 11.3. The Labute approximate surface area is 201 Å². The number of anilines is 1. The number of H-pyrrole nitrogens is 1. The van der Waals surface area contributed by atoms with E-state index in [4.69, 9.17) is 37.0 Å². The molecule has 0 saturated carbocycles. The third-order valence-electron chi connectivity index (χ3n) is 6.41. The quantitative estimate of drug-likeness (QED) is 0.416. The van der Waals surface area contributed by atoms with Gasteiger partial charge in [0, 0.05) is 47.2 Å². The molecule has 0 unspecified atom stereocenters. The lowest BCUT2D eigenvalue weighted by Gasteiger charge is -2.19. The van der Waals surface area contributed by atoms with Gasteiger partial charge >= 0.3 is 0 Å². The molecule has 2 aliphatic rings. The molecule has 1 fully saturated rings. The van der Waals surface area contributed by atoms with Gasteiger partial charge in [-0.15, -0.1) is 0 Å². The Morgan fingerprint density at radius 2 is 2.18 bits per heavy atom. The van der Waals surface area contributed by atoms with E-state index < -0.39 is 0 Å². The van der Waals surface area contributed by atoms with Crippen LogP contribution in [0.2, 0.25) is 5.02 Å². The van der Waals surface area contributed by atoms with Crippen molar-refractivity contribution in [3.63, 3.8) is 0 Å². The Hall–Kier alpha value is -2.39. The first kappa shape index (κ1) is 21.2. The highest BCUT2D eigenvalue weighted by molar-refractivity contribution is 7.99. The number of rotatable bonds is 4. The molecule has 4 aromatic rings. The van der Waals surface area contributed by atoms with E-state index in [2.05, 4.69) is 41.1 Å². The molecule has 1 atom stereocenters. The second kappa shape index (κ2) is 8.43. The largest absolute Gasteiger partial charge is 0.376 e. The van der Waals surface area contributed by atoms with Gasteiger partial charge in [0.1, 0.15) is 11.5 Å². The van der Waals surface area contributed by atoms with Gasteiger partial charge < -0.3 is 20.4 Å². The molecule has 170 valence electrons. The van der Waals surface area contributed by atoms with Gasteiger partial charge in [0.15, 0.2) is 5.16 Å². The number of pyridine rings is 1. The molecule has 2 aliphatic heterocycles. The Balaban J connectivity index is 1.40. The van der Waals surface area contributed by atoms with Crippen LogP contribution in [0.5, 0.6) is 0 Å². The fourth-order valence-electron chi connectivity index (χ4n) is 4.66. The number of ether oxygens (including phenoxy) is 1. The fourth-order valence-corrected chi connectivity index (χ4v) is 5.80. The fraction of sp³-hybridized carbons (Fsp3) is 0.375.